The van der Waals surface area contributed by atoms with Crippen LogP contribution in [0.4, 0.5) is 4.39 Å². The van der Waals surface area contributed by atoms with E-state index in [4.69, 9.17) is 10.5 Å². The molecule has 0 amide bonds. The van der Waals surface area contributed by atoms with Gasteiger partial charge in [0.25, 0.3) is 0 Å². The summed E-state index contributed by atoms with van der Waals surface area (Å²) >= 11 is 0. The predicted molar refractivity (Wildman–Crippen MR) is 67.6 cm³/mol. The quantitative estimate of drug-likeness (QED) is 0.865. The fourth-order valence-corrected chi connectivity index (χ4v) is 2.55. The van der Waals surface area contributed by atoms with E-state index in [0.29, 0.717) is 24.3 Å². The summed E-state index contributed by atoms with van der Waals surface area (Å²) < 4.78 is 18.7. The van der Waals surface area contributed by atoms with Gasteiger partial charge in [0.05, 0.1) is 12.7 Å². The van der Waals surface area contributed by atoms with Gasteiger partial charge in [-0.05, 0) is 37.0 Å². The summed E-state index contributed by atoms with van der Waals surface area (Å²) in [5.74, 6) is -0.257. The molecule has 1 aromatic rings. The standard InChI is InChI=1S/C14H20FNO2/c1-10-7-11(3-4-12(10)15)13(17)14(8-16)5-2-6-18-9-14/h3-4,7,13,17H,2,5-6,8-9,16H2,1H3. The Kier molecular flexibility index (Phi) is 4.00. The molecule has 1 aromatic carbocycles. The van der Waals surface area contributed by atoms with Crippen molar-refractivity contribution in [3.63, 3.8) is 0 Å². The monoisotopic (exact) mass is 253 g/mol. The van der Waals surface area contributed by atoms with E-state index in [0.717, 1.165) is 19.4 Å². The summed E-state index contributed by atoms with van der Waals surface area (Å²) in [6.45, 7) is 3.24. The van der Waals surface area contributed by atoms with Crippen molar-refractivity contribution in [1.29, 1.82) is 0 Å². The molecule has 0 bridgehead atoms. The van der Waals surface area contributed by atoms with Crippen LogP contribution in [0.2, 0.25) is 0 Å². The zero-order valence-electron chi connectivity index (χ0n) is 10.7. The first-order chi connectivity index (χ1) is 8.59. The third-order valence-corrected chi connectivity index (χ3v) is 3.84. The maximum Gasteiger partial charge on any atom is 0.126 e. The van der Waals surface area contributed by atoms with Crippen LogP contribution in [0, 0.1) is 18.2 Å². The van der Waals surface area contributed by atoms with Crippen LogP contribution in [0.25, 0.3) is 0 Å². The molecular weight excluding hydrogens is 233 g/mol. The van der Waals surface area contributed by atoms with E-state index in [1.54, 1.807) is 19.1 Å². The molecule has 1 fully saturated rings. The van der Waals surface area contributed by atoms with E-state index in [9.17, 15) is 9.50 Å². The Morgan fingerprint density at radius 1 is 1.56 bits per heavy atom. The fourth-order valence-electron chi connectivity index (χ4n) is 2.55. The highest BCUT2D eigenvalue weighted by Crippen LogP contribution is 2.40. The number of aliphatic hydroxyl groups excluding tert-OH is 1. The number of aryl methyl sites for hydroxylation is 1. The summed E-state index contributed by atoms with van der Waals surface area (Å²) in [7, 11) is 0. The van der Waals surface area contributed by atoms with Crippen molar-refractivity contribution in [2.24, 2.45) is 11.1 Å². The van der Waals surface area contributed by atoms with Crippen LogP contribution in [0.5, 0.6) is 0 Å². The zero-order valence-corrected chi connectivity index (χ0v) is 10.7. The Morgan fingerprint density at radius 2 is 2.33 bits per heavy atom. The highest BCUT2D eigenvalue weighted by molar-refractivity contribution is 5.27. The Balaban J connectivity index is 2.27. The van der Waals surface area contributed by atoms with Crippen LogP contribution in [0.15, 0.2) is 18.2 Å². The summed E-state index contributed by atoms with van der Waals surface area (Å²) in [4.78, 5) is 0. The van der Waals surface area contributed by atoms with Crippen molar-refractivity contribution in [3.05, 3.63) is 35.1 Å². The number of halogens is 1. The minimum absolute atomic E-state index is 0.257. The van der Waals surface area contributed by atoms with Crippen molar-refractivity contribution >= 4 is 0 Å². The van der Waals surface area contributed by atoms with Crippen LogP contribution < -0.4 is 5.73 Å². The van der Waals surface area contributed by atoms with Gasteiger partial charge in [-0.2, -0.15) is 0 Å². The summed E-state index contributed by atoms with van der Waals surface area (Å²) in [5.41, 5.74) is 6.64. The third kappa shape index (κ3) is 2.41. The van der Waals surface area contributed by atoms with Gasteiger partial charge in [-0.1, -0.05) is 12.1 Å². The number of ether oxygens (including phenoxy) is 1. The smallest absolute Gasteiger partial charge is 0.126 e. The molecule has 3 nitrogen and oxygen atoms in total. The van der Waals surface area contributed by atoms with E-state index < -0.39 is 11.5 Å². The van der Waals surface area contributed by atoms with Gasteiger partial charge in [0.1, 0.15) is 5.82 Å². The SMILES string of the molecule is Cc1cc(C(O)C2(CN)CCCOC2)ccc1F. The summed E-state index contributed by atoms with van der Waals surface area (Å²) in [5, 5.41) is 10.5. The first kappa shape index (κ1) is 13.5. The summed E-state index contributed by atoms with van der Waals surface area (Å²) in [6.07, 6.45) is 1.03. The first-order valence-corrected chi connectivity index (χ1v) is 6.31. The topological polar surface area (TPSA) is 55.5 Å². The van der Waals surface area contributed by atoms with Crippen LogP contribution >= 0.6 is 0 Å². The highest BCUT2D eigenvalue weighted by atomic mass is 19.1. The molecule has 18 heavy (non-hydrogen) atoms. The minimum Gasteiger partial charge on any atom is -0.388 e. The molecule has 2 rings (SSSR count). The predicted octanol–water partition coefficient (Wildman–Crippen LogP) is 1.92. The second-order valence-corrected chi connectivity index (χ2v) is 5.13. The van der Waals surface area contributed by atoms with E-state index in [2.05, 4.69) is 0 Å². The molecule has 1 saturated heterocycles. The van der Waals surface area contributed by atoms with Crippen LogP contribution in [-0.2, 0) is 4.74 Å². The van der Waals surface area contributed by atoms with Crippen molar-refractivity contribution in [2.45, 2.75) is 25.9 Å². The number of hydrogen-bond acceptors (Lipinski definition) is 3. The average Bonchev–Trinajstić information content (AvgIpc) is 2.42. The van der Waals surface area contributed by atoms with Crippen LogP contribution in [0.1, 0.15) is 30.1 Å². The Labute approximate surface area is 107 Å². The van der Waals surface area contributed by atoms with Crippen molar-refractivity contribution in [3.8, 4) is 0 Å². The van der Waals surface area contributed by atoms with Gasteiger partial charge < -0.3 is 15.6 Å². The molecule has 3 N–H and O–H groups in total. The zero-order chi connectivity index (χ0) is 13.2. The fraction of sp³-hybridized carbons (Fsp3) is 0.571. The lowest BCUT2D eigenvalue weighted by Gasteiger charge is -2.40. The Bertz CT molecular complexity index is 416. The summed E-state index contributed by atoms with van der Waals surface area (Å²) in [6, 6.07) is 4.70. The molecule has 2 unspecified atom stereocenters. The maximum atomic E-state index is 13.3. The Morgan fingerprint density at radius 3 is 2.89 bits per heavy atom. The Hall–Kier alpha value is -0.970. The molecular formula is C14H20FNO2. The lowest BCUT2D eigenvalue weighted by atomic mass is 9.74. The largest absolute Gasteiger partial charge is 0.388 e. The maximum absolute atomic E-state index is 13.3. The van der Waals surface area contributed by atoms with Gasteiger partial charge in [0.2, 0.25) is 0 Å². The van der Waals surface area contributed by atoms with Gasteiger partial charge in [-0.15, -0.1) is 0 Å². The van der Waals surface area contributed by atoms with Crippen molar-refractivity contribution < 1.29 is 14.2 Å². The molecule has 0 aliphatic carbocycles. The molecule has 0 spiro atoms. The molecule has 0 aromatic heterocycles. The van der Waals surface area contributed by atoms with Gasteiger partial charge in [-0.25, -0.2) is 4.39 Å². The second kappa shape index (κ2) is 5.34. The molecule has 2 atom stereocenters. The normalized spacial score (nSPS) is 26.0. The molecule has 0 saturated carbocycles. The van der Waals surface area contributed by atoms with Crippen LogP contribution in [-0.4, -0.2) is 24.9 Å². The van der Waals surface area contributed by atoms with E-state index in [1.807, 2.05) is 0 Å². The van der Waals surface area contributed by atoms with E-state index in [1.165, 1.54) is 6.07 Å². The molecule has 4 heteroatoms. The van der Waals surface area contributed by atoms with Gasteiger partial charge >= 0.3 is 0 Å². The van der Waals surface area contributed by atoms with E-state index >= 15 is 0 Å². The number of benzene rings is 1. The van der Waals surface area contributed by atoms with Crippen molar-refractivity contribution in [2.75, 3.05) is 19.8 Å². The lowest BCUT2D eigenvalue weighted by Crippen LogP contribution is -2.43. The lowest BCUT2D eigenvalue weighted by molar-refractivity contribution is -0.0782. The first-order valence-electron chi connectivity index (χ1n) is 6.31. The average molecular weight is 253 g/mol. The van der Waals surface area contributed by atoms with Gasteiger partial charge in [0.15, 0.2) is 0 Å². The number of nitrogens with two attached hydrogens (primary N) is 1. The van der Waals surface area contributed by atoms with Crippen LogP contribution in [0.3, 0.4) is 0 Å². The van der Waals surface area contributed by atoms with E-state index in [-0.39, 0.29) is 5.82 Å². The highest BCUT2D eigenvalue weighted by Gasteiger charge is 2.39. The van der Waals surface area contributed by atoms with Gasteiger partial charge in [0, 0.05) is 18.6 Å². The molecule has 0 radical (unpaired) electrons. The number of rotatable bonds is 3. The van der Waals surface area contributed by atoms with Gasteiger partial charge in [-0.3, -0.25) is 0 Å². The minimum atomic E-state index is -0.706. The third-order valence-electron chi connectivity index (χ3n) is 3.84. The number of hydrogen-bond donors (Lipinski definition) is 2. The second-order valence-electron chi connectivity index (χ2n) is 5.13. The molecule has 1 aliphatic heterocycles. The molecule has 1 aliphatic rings. The molecule has 1 heterocycles. The molecule has 100 valence electrons. The number of aliphatic hydroxyl groups is 1. The van der Waals surface area contributed by atoms with Crippen molar-refractivity contribution in [1.82, 2.24) is 0 Å².